The van der Waals surface area contributed by atoms with Gasteiger partial charge < -0.3 is 0 Å². The monoisotopic (exact) mass is 352 g/mol. The van der Waals surface area contributed by atoms with Crippen LogP contribution in [-0.2, 0) is 0 Å². The Morgan fingerprint density at radius 3 is 2.83 bits per heavy atom. The van der Waals surface area contributed by atoms with Gasteiger partial charge >= 0.3 is 0 Å². The second kappa shape index (κ2) is 3.27. The lowest BCUT2D eigenvalue weighted by Crippen LogP contribution is -1.71. The smallest absolute Gasteiger partial charge is 0.0666 e. The van der Waals surface area contributed by atoms with Crippen LogP contribution in [0.15, 0.2) is 22.7 Å². The molecule has 0 spiro atoms. The van der Waals surface area contributed by atoms with Gasteiger partial charge in [0.2, 0.25) is 0 Å². The molecule has 2 rings (SSSR count). The summed E-state index contributed by atoms with van der Waals surface area (Å²) in [5, 5.41) is 1.34. The van der Waals surface area contributed by atoms with Crippen molar-refractivity contribution < 1.29 is 0 Å². The van der Waals surface area contributed by atoms with E-state index in [2.05, 4.69) is 63.6 Å². The molecule has 0 atom stereocenters. The zero-order valence-corrected chi connectivity index (χ0v) is 11.0. The van der Waals surface area contributed by atoms with Gasteiger partial charge in [-0.1, -0.05) is 22.0 Å². The van der Waals surface area contributed by atoms with Crippen molar-refractivity contribution in [2.24, 2.45) is 0 Å². The van der Waals surface area contributed by atoms with Crippen molar-refractivity contribution >= 4 is 59.9 Å². The standard InChI is InChI=1S/C9H6BrIS/c1-5-2-3-7(10)6-4-8(11)12-9(5)6/h2-4H,1H3. The normalized spacial score (nSPS) is 10.9. The third kappa shape index (κ3) is 1.42. The van der Waals surface area contributed by atoms with E-state index in [1.165, 1.54) is 23.0 Å². The Hall–Kier alpha value is 0.390. The Morgan fingerprint density at radius 1 is 1.42 bits per heavy atom. The van der Waals surface area contributed by atoms with E-state index in [-0.39, 0.29) is 0 Å². The van der Waals surface area contributed by atoms with E-state index in [4.69, 9.17) is 0 Å². The summed E-state index contributed by atoms with van der Waals surface area (Å²) in [5.74, 6) is 0. The fourth-order valence-electron chi connectivity index (χ4n) is 1.19. The molecule has 0 aliphatic heterocycles. The third-order valence-corrected chi connectivity index (χ3v) is 4.52. The Bertz CT molecular complexity index is 394. The summed E-state index contributed by atoms with van der Waals surface area (Å²) in [5.41, 5.74) is 1.36. The first-order valence-corrected chi connectivity index (χ1v) is 6.21. The molecule has 0 nitrogen and oxygen atoms in total. The molecular weight excluding hydrogens is 347 g/mol. The van der Waals surface area contributed by atoms with Gasteiger partial charge in [0.1, 0.15) is 0 Å². The summed E-state index contributed by atoms with van der Waals surface area (Å²) >= 11 is 7.76. The fourth-order valence-corrected chi connectivity index (χ4v) is 3.62. The van der Waals surface area contributed by atoms with Crippen molar-refractivity contribution in [1.82, 2.24) is 0 Å². The van der Waals surface area contributed by atoms with Gasteiger partial charge in [0.15, 0.2) is 0 Å². The van der Waals surface area contributed by atoms with Gasteiger partial charge in [-0.3, -0.25) is 0 Å². The second-order valence-electron chi connectivity index (χ2n) is 2.66. The van der Waals surface area contributed by atoms with Gasteiger partial charge in [0, 0.05) is 14.6 Å². The Morgan fingerprint density at radius 2 is 2.17 bits per heavy atom. The van der Waals surface area contributed by atoms with Crippen molar-refractivity contribution in [3.05, 3.63) is 31.1 Å². The summed E-state index contributed by atoms with van der Waals surface area (Å²) in [6.07, 6.45) is 0. The largest absolute Gasteiger partial charge is 0.129 e. The minimum atomic E-state index is 1.20. The zero-order valence-electron chi connectivity index (χ0n) is 6.40. The Kier molecular flexibility index (Phi) is 2.44. The molecule has 0 saturated heterocycles. The predicted octanol–water partition coefficient (Wildman–Crippen LogP) is 4.58. The average Bonchev–Trinajstić information content (AvgIpc) is 2.41. The SMILES string of the molecule is Cc1ccc(Br)c2cc(I)sc12. The first-order chi connectivity index (χ1) is 5.68. The highest BCUT2D eigenvalue weighted by molar-refractivity contribution is 14.1. The van der Waals surface area contributed by atoms with Crippen LogP contribution in [0.5, 0.6) is 0 Å². The van der Waals surface area contributed by atoms with Crippen LogP contribution in [0, 0.1) is 9.81 Å². The summed E-state index contributed by atoms with van der Waals surface area (Å²) in [6, 6.07) is 6.48. The zero-order chi connectivity index (χ0) is 8.72. The van der Waals surface area contributed by atoms with Gasteiger partial charge in [-0.15, -0.1) is 11.3 Å². The van der Waals surface area contributed by atoms with Crippen LogP contribution in [0.3, 0.4) is 0 Å². The summed E-state index contributed by atoms with van der Waals surface area (Å²) in [6.45, 7) is 2.15. The Balaban J connectivity index is 2.93. The first-order valence-electron chi connectivity index (χ1n) is 3.52. The molecule has 0 N–H and O–H groups in total. The molecule has 0 radical (unpaired) electrons. The lowest BCUT2D eigenvalue weighted by Gasteiger charge is -1.96. The van der Waals surface area contributed by atoms with E-state index in [9.17, 15) is 0 Å². The molecule has 1 aromatic heterocycles. The number of hydrogen-bond acceptors (Lipinski definition) is 1. The molecule has 12 heavy (non-hydrogen) atoms. The van der Waals surface area contributed by atoms with Gasteiger partial charge in [-0.25, -0.2) is 0 Å². The van der Waals surface area contributed by atoms with Gasteiger partial charge in [0.05, 0.1) is 2.88 Å². The van der Waals surface area contributed by atoms with E-state index < -0.39 is 0 Å². The maximum Gasteiger partial charge on any atom is 0.0666 e. The third-order valence-electron chi connectivity index (χ3n) is 1.80. The molecule has 0 amide bonds. The molecule has 1 heterocycles. The summed E-state index contributed by atoms with van der Waals surface area (Å²) < 4.78 is 3.94. The quantitative estimate of drug-likeness (QED) is 0.609. The van der Waals surface area contributed by atoms with E-state index in [1.807, 2.05) is 11.3 Å². The van der Waals surface area contributed by atoms with Crippen molar-refractivity contribution in [2.75, 3.05) is 0 Å². The molecule has 0 aliphatic rings. The van der Waals surface area contributed by atoms with E-state index in [0.717, 1.165) is 0 Å². The minimum Gasteiger partial charge on any atom is -0.129 e. The molecule has 1 aromatic carbocycles. The molecule has 0 aliphatic carbocycles. The lowest BCUT2D eigenvalue weighted by molar-refractivity contribution is 1.55. The van der Waals surface area contributed by atoms with E-state index in [1.54, 1.807) is 0 Å². The highest BCUT2D eigenvalue weighted by Crippen LogP contribution is 2.34. The van der Waals surface area contributed by atoms with Crippen LogP contribution >= 0.6 is 49.9 Å². The maximum atomic E-state index is 3.55. The number of aryl methyl sites for hydroxylation is 1. The predicted molar refractivity (Wildman–Crippen MR) is 67.0 cm³/mol. The van der Waals surface area contributed by atoms with Crippen LogP contribution in [0.2, 0.25) is 0 Å². The van der Waals surface area contributed by atoms with Crippen LogP contribution in [-0.4, -0.2) is 0 Å². The van der Waals surface area contributed by atoms with Crippen LogP contribution in [0.1, 0.15) is 5.56 Å². The molecule has 3 heteroatoms. The molecule has 0 fully saturated rings. The van der Waals surface area contributed by atoms with Crippen molar-refractivity contribution in [3.63, 3.8) is 0 Å². The molecule has 62 valence electrons. The maximum absolute atomic E-state index is 3.55. The number of thiophene rings is 1. The molecule has 0 unspecified atom stereocenters. The van der Waals surface area contributed by atoms with Crippen molar-refractivity contribution in [2.45, 2.75) is 6.92 Å². The summed E-state index contributed by atoms with van der Waals surface area (Å²) in [4.78, 5) is 0. The van der Waals surface area contributed by atoms with Gasteiger partial charge in [-0.2, -0.15) is 0 Å². The van der Waals surface area contributed by atoms with E-state index >= 15 is 0 Å². The van der Waals surface area contributed by atoms with Crippen LogP contribution < -0.4 is 0 Å². The van der Waals surface area contributed by atoms with Crippen molar-refractivity contribution in [3.8, 4) is 0 Å². The van der Waals surface area contributed by atoms with Gasteiger partial charge in [0.25, 0.3) is 0 Å². The fraction of sp³-hybridized carbons (Fsp3) is 0.111. The highest BCUT2D eigenvalue weighted by Gasteiger charge is 2.04. The topological polar surface area (TPSA) is 0 Å². The van der Waals surface area contributed by atoms with Crippen LogP contribution in [0.25, 0.3) is 10.1 Å². The summed E-state index contributed by atoms with van der Waals surface area (Å²) in [7, 11) is 0. The minimum absolute atomic E-state index is 1.20. The van der Waals surface area contributed by atoms with Crippen LogP contribution in [0.4, 0.5) is 0 Å². The number of rotatable bonds is 0. The average molecular weight is 353 g/mol. The lowest BCUT2D eigenvalue weighted by atomic mass is 10.2. The van der Waals surface area contributed by atoms with E-state index in [0.29, 0.717) is 0 Å². The second-order valence-corrected chi connectivity index (χ2v) is 6.46. The molecule has 0 bridgehead atoms. The highest BCUT2D eigenvalue weighted by atomic mass is 127. The molecule has 2 aromatic rings. The van der Waals surface area contributed by atoms with Crippen molar-refractivity contribution in [1.29, 1.82) is 0 Å². The number of halogens is 2. The first kappa shape index (κ1) is 8.97. The molecule has 0 saturated carbocycles. The number of fused-ring (bicyclic) bond motifs is 1. The number of benzene rings is 1. The Labute approximate surface area is 97.2 Å². The molecular formula is C9H6BrIS. The van der Waals surface area contributed by atoms with Gasteiger partial charge in [-0.05, 0) is 47.2 Å². The number of hydrogen-bond donors (Lipinski definition) is 0.